The summed E-state index contributed by atoms with van der Waals surface area (Å²) < 4.78 is 0. The van der Waals surface area contributed by atoms with Crippen LogP contribution < -0.4 is 16.0 Å². The van der Waals surface area contributed by atoms with Crippen molar-refractivity contribution in [2.45, 2.75) is 4.90 Å². The Labute approximate surface area is 240 Å². The number of halogens is 2. The summed E-state index contributed by atoms with van der Waals surface area (Å²) in [6.45, 7) is 0. The monoisotopic (exact) mass is 575 g/mol. The van der Waals surface area contributed by atoms with Gasteiger partial charge in [0.25, 0.3) is 11.8 Å². The van der Waals surface area contributed by atoms with Crippen molar-refractivity contribution in [1.82, 2.24) is 5.32 Å². The number of thioether (sulfide) groups is 1. The summed E-state index contributed by atoms with van der Waals surface area (Å²) in [5.74, 6) is -1.02. The molecule has 0 fully saturated rings. The Morgan fingerprint density at radius 3 is 2.21 bits per heavy atom. The van der Waals surface area contributed by atoms with E-state index in [0.29, 0.717) is 22.0 Å². The topological polar surface area (TPSA) is 87.3 Å². The Morgan fingerprint density at radius 1 is 0.769 bits per heavy atom. The smallest absolute Gasteiger partial charge is 0.272 e. The molecule has 0 aromatic heterocycles. The highest BCUT2D eigenvalue weighted by Crippen LogP contribution is 2.30. The maximum Gasteiger partial charge on any atom is 0.272 e. The summed E-state index contributed by atoms with van der Waals surface area (Å²) in [6, 6.07) is 30.0. The molecule has 0 radical (unpaired) electrons. The molecule has 3 amide bonds. The van der Waals surface area contributed by atoms with Gasteiger partial charge >= 0.3 is 0 Å². The molecule has 196 valence electrons. The molecule has 39 heavy (non-hydrogen) atoms. The lowest BCUT2D eigenvalue weighted by molar-refractivity contribution is -0.114. The average Bonchev–Trinajstić information content (AvgIpc) is 2.95. The first-order chi connectivity index (χ1) is 18.9. The van der Waals surface area contributed by atoms with Gasteiger partial charge in [-0.1, -0.05) is 83.9 Å². The van der Waals surface area contributed by atoms with Gasteiger partial charge in [0.2, 0.25) is 5.91 Å². The molecule has 0 bridgehead atoms. The molecule has 0 saturated heterocycles. The van der Waals surface area contributed by atoms with E-state index >= 15 is 0 Å². The van der Waals surface area contributed by atoms with Crippen LogP contribution in [0.3, 0.4) is 0 Å². The first-order valence-electron chi connectivity index (χ1n) is 11.8. The molecule has 3 N–H and O–H groups in total. The fourth-order valence-corrected chi connectivity index (χ4v) is 4.56. The van der Waals surface area contributed by atoms with Gasteiger partial charge in [0.1, 0.15) is 5.70 Å². The summed E-state index contributed by atoms with van der Waals surface area (Å²) >= 11 is 13.4. The molecular weight excluding hydrogens is 553 g/mol. The molecule has 0 unspecified atom stereocenters. The predicted molar refractivity (Wildman–Crippen MR) is 159 cm³/mol. The molecule has 9 heteroatoms. The highest BCUT2D eigenvalue weighted by molar-refractivity contribution is 8.00. The van der Waals surface area contributed by atoms with Crippen LogP contribution >= 0.6 is 35.0 Å². The van der Waals surface area contributed by atoms with E-state index in [0.717, 1.165) is 10.5 Å². The van der Waals surface area contributed by atoms with Crippen LogP contribution in [0.4, 0.5) is 11.4 Å². The summed E-state index contributed by atoms with van der Waals surface area (Å²) in [6.07, 6.45) is 1.61. The second kappa shape index (κ2) is 13.7. The average molecular weight is 577 g/mol. The Hall–Kier alpha value is -4.04. The van der Waals surface area contributed by atoms with Gasteiger partial charge in [0.05, 0.1) is 21.5 Å². The number of benzene rings is 4. The minimum absolute atomic E-state index is 0.0888. The third-order valence-electron chi connectivity index (χ3n) is 5.33. The highest BCUT2D eigenvalue weighted by atomic mass is 35.5. The molecule has 4 aromatic carbocycles. The summed E-state index contributed by atoms with van der Waals surface area (Å²) in [7, 11) is 0. The number of hydrogen-bond acceptors (Lipinski definition) is 4. The van der Waals surface area contributed by atoms with Crippen LogP contribution in [0.15, 0.2) is 114 Å². The van der Waals surface area contributed by atoms with E-state index in [9.17, 15) is 14.4 Å². The Balaban J connectivity index is 1.43. The summed E-state index contributed by atoms with van der Waals surface area (Å²) in [4.78, 5) is 39.2. The molecular formula is C30H23Cl2N3O3S. The van der Waals surface area contributed by atoms with Crippen molar-refractivity contribution in [2.24, 2.45) is 0 Å². The molecule has 0 spiro atoms. The predicted octanol–water partition coefficient (Wildman–Crippen LogP) is 7.13. The fraction of sp³-hybridized carbons (Fsp3) is 0.0333. The van der Waals surface area contributed by atoms with Crippen LogP contribution in [0.25, 0.3) is 6.08 Å². The lowest BCUT2D eigenvalue weighted by Gasteiger charge is -2.12. The Bertz CT molecular complexity index is 1510. The highest BCUT2D eigenvalue weighted by Gasteiger charge is 2.16. The largest absolute Gasteiger partial charge is 0.324 e. The molecule has 0 heterocycles. The Morgan fingerprint density at radius 2 is 1.46 bits per heavy atom. The van der Waals surface area contributed by atoms with Gasteiger partial charge in [-0.3, -0.25) is 14.4 Å². The van der Waals surface area contributed by atoms with Gasteiger partial charge in [-0.2, -0.15) is 0 Å². The van der Waals surface area contributed by atoms with Gasteiger partial charge < -0.3 is 16.0 Å². The van der Waals surface area contributed by atoms with Crippen LogP contribution in [-0.2, 0) is 9.59 Å². The second-order valence-corrected chi connectivity index (χ2v) is 10.0. The third-order valence-corrected chi connectivity index (χ3v) is 7.14. The molecule has 6 nitrogen and oxygen atoms in total. The van der Waals surface area contributed by atoms with Gasteiger partial charge in [-0.05, 0) is 54.1 Å². The number of carbonyl (C=O) groups is 3. The minimum Gasteiger partial charge on any atom is -0.324 e. The number of amides is 3. The van der Waals surface area contributed by atoms with Crippen molar-refractivity contribution in [3.8, 4) is 0 Å². The number of carbonyl (C=O) groups excluding carboxylic acids is 3. The first-order valence-corrected chi connectivity index (χ1v) is 13.5. The van der Waals surface area contributed by atoms with E-state index in [-0.39, 0.29) is 22.4 Å². The summed E-state index contributed by atoms with van der Waals surface area (Å²) in [5, 5.41) is 8.93. The first kappa shape index (κ1) is 28.0. The zero-order valence-electron chi connectivity index (χ0n) is 20.5. The maximum atomic E-state index is 13.2. The van der Waals surface area contributed by atoms with Crippen LogP contribution in [0.1, 0.15) is 15.9 Å². The van der Waals surface area contributed by atoms with E-state index in [1.54, 1.807) is 66.7 Å². The van der Waals surface area contributed by atoms with Crippen LogP contribution in [-0.4, -0.2) is 23.5 Å². The summed E-state index contributed by atoms with van der Waals surface area (Å²) in [5.41, 5.74) is 2.22. The third kappa shape index (κ3) is 8.22. The Kier molecular flexibility index (Phi) is 9.80. The van der Waals surface area contributed by atoms with E-state index < -0.39 is 11.8 Å². The van der Waals surface area contributed by atoms with Crippen LogP contribution in [0, 0.1) is 0 Å². The SMILES string of the molecule is O=C(CSc1cccc(NC(=O)/C(=C/c2ccccc2)NC(=O)c2ccccc2)c1)Nc1cccc(Cl)c1Cl. The quantitative estimate of drug-likeness (QED) is 0.146. The zero-order valence-corrected chi connectivity index (χ0v) is 22.8. The van der Waals surface area contributed by atoms with Gasteiger partial charge in [-0.15, -0.1) is 11.8 Å². The van der Waals surface area contributed by atoms with Crippen molar-refractivity contribution < 1.29 is 14.4 Å². The number of hydrogen-bond donors (Lipinski definition) is 3. The van der Waals surface area contributed by atoms with Crippen molar-refractivity contribution in [1.29, 1.82) is 0 Å². The van der Waals surface area contributed by atoms with Crippen LogP contribution in [0.5, 0.6) is 0 Å². The number of nitrogens with one attached hydrogen (secondary N) is 3. The van der Waals surface area contributed by atoms with Gasteiger partial charge in [-0.25, -0.2) is 0 Å². The lowest BCUT2D eigenvalue weighted by atomic mass is 10.1. The number of rotatable bonds is 9. The number of anilines is 2. The lowest BCUT2D eigenvalue weighted by Crippen LogP contribution is -2.30. The van der Waals surface area contributed by atoms with Crippen molar-refractivity contribution in [3.05, 3.63) is 130 Å². The molecule has 0 atom stereocenters. The normalized spacial score (nSPS) is 11.0. The zero-order chi connectivity index (χ0) is 27.6. The molecule has 0 aliphatic rings. The van der Waals surface area contributed by atoms with E-state index in [4.69, 9.17) is 23.2 Å². The van der Waals surface area contributed by atoms with E-state index in [2.05, 4.69) is 16.0 Å². The van der Waals surface area contributed by atoms with Crippen molar-refractivity contribution >= 4 is 70.1 Å². The van der Waals surface area contributed by atoms with Crippen molar-refractivity contribution in [3.63, 3.8) is 0 Å². The fourth-order valence-electron chi connectivity index (χ4n) is 3.46. The van der Waals surface area contributed by atoms with E-state index in [1.807, 2.05) is 42.5 Å². The molecule has 0 saturated carbocycles. The molecule has 0 aliphatic heterocycles. The molecule has 4 rings (SSSR count). The second-order valence-electron chi connectivity index (χ2n) is 8.21. The van der Waals surface area contributed by atoms with E-state index in [1.165, 1.54) is 11.8 Å². The van der Waals surface area contributed by atoms with Gasteiger partial charge in [0, 0.05) is 16.1 Å². The van der Waals surface area contributed by atoms with Crippen LogP contribution in [0.2, 0.25) is 10.0 Å². The standard InChI is InChI=1S/C30H23Cl2N3O3S/c31-24-15-8-16-25(28(24)32)34-27(36)19-39-23-14-7-13-22(18-23)33-30(38)26(17-20-9-3-1-4-10-20)35-29(37)21-11-5-2-6-12-21/h1-18H,19H2,(H,33,38)(H,34,36)(H,35,37)/b26-17-. The van der Waals surface area contributed by atoms with Gasteiger partial charge in [0.15, 0.2) is 0 Å². The van der Waals surface area contributed by atoms with Crippen molar-refractivity contribution in [2.75, 3.05) is 16.4 Å². The maximum absolute atomic E-state index is 13.2. The minimum atomic E-state index is -0.487. The molecule has 0 aliphatic carbocycles. The molecule has 4 aromatic rings.